The van der Waals surface area contributed by atoms with Gasteiger partial charge in [-0.2, -0.15) is 0 Å². The summed E-state index contributed by atoms with van der Waals surface area (Å²) in [5.74, 6) is 0.000879. The maximum atomic E-state index is 10.3. The standard InChI is InChI=1S/C10H13O4P/c1-10(2,14-15-13)6-7-3-8(11)5-9(12)4-7/h3-5,11-12H,6H2,1-2H3. The maximum absolute atomic E-state index is 10.3. The van der Waals surface area contributed by atoms with Crippen molar-refractivity contribution in [1.29, 1.82) is 0 Å². The average molecular weight is 228 g/mol. The molecule has 4 nitrogen and oxygen atoms in total. The normalized spacial score (nSPS) is 11.9. The molecule has 0 aliphatic heterocycles. The Kier molecular flexibility index (Phi) is 3.66. The van der Waals surface area contributed by atoms with Crippen molar-refractivity contribution in [2.24, 2.45) is 0 Å². The van der Waals surface area contributed by atoms with E-state index in [1.807, 2.05) is 0 Å². The fourth-order valence-corrected chi connectivity index (χ4v) is 1.65. The number of phenols is 2. The third kappa shape index (κ3) is 3.86. The van der Waals surface area contributed by atoms with Crippen molar-refractivity contribution in [2.45, 2.75) is 25.9 Å². The lowest BCUT2D eigenvalue weighted by atomic mass is 9.98. The summed E-state index contributed by atoms with van der Waals surface area (Å²) in [5, 5.41) is 18.5. The fourth-order valence-electron chi connectivity index (χ4n) is 1.38. The van der Waals surface area contributed by atoms with E-state index in [9.17, 15) is 14.8 Å². The number of hydrogen-bond acceptors (Lipinski definition) is 4. The van der Waals surface area contributed by atoms with E-state index in [4.69, 9.17) is 4.52 Å². The summed E-state index contributed by atoms with van der Waals surface area (Å²) in [6, 6.07) is 4.32. The average Bonchev–Trinajstić information content (AvgIpc) is 1.99. The van der Waals surface area contributed by atoms with Crippen molar-refractivity contribution < 1.29 is 19.3 Å². The highest BCUT2D eigenvalue weighted by Crippen LogP contribution is 2.26. The Labute approximate surface area is 89.8 Å². The molecular weight excluding hydrogens is 215 g/mol. The van der Waals surface area contributed by atoms with Crippen LogP contribution in [-0.2, 0) is 15.5 Å². The Balaban J connectivity index is 2.84. The predicted octanol–water partition coefficient (Wildman–Crippen LogP) is 2.64. The third-order valence-corrected chi connectivity index (χ3v) is 2.45. The minimum absolute atomic E-state index is 0.000439. The highest BCUT2D eigenvalue weighted by molar-refractivity contribution is 7.17. The maximum Gasteiger partial charge on any atom is 0.327 e. The van der Waals surface area contributed by atoms with Gasteiger partial charge in [0.25, 0.3) is 0 Å². The number of hydrogen-bond donors (Lipinski definition) is 2. The number of benzene rings is 1. The van der Waals surface area contributed by atoms with Crippen molar-refractivity contribution in [3.63, 3.8) is 0 Å². The molecule has 0 amide bonds. The predicted molar refractivity (Wildman–Crippen MR) is 56.2 cm³/mol. The molecule has 0 saturated heterocycles. The molecule has 0 aromatic heterocycles. The van der Waals surface area contributed by atoms with Gasteiger partial charge in [-0.05, 0) is 31.5 Å². The second-order valence-corrected chi connectivity index (χ2v) is 4.29. The number of aromatic hydroxyl groups is 2. The fraction of sp³-hybridized carbons (Fsp3) is 0.400. The zero-order valence-electron chi connectivity index (χ0n) is 8.60. The summed E-state index contributed by atoms with van der Waals surface area (Å²) in [4.78, 5) is 0. The lowest BCUT2D eigenvalue weighted by Gasteiger charge is -2.20. The second-order valence-electron chi connectivity index (χ2n) is 3.96. The van der Waals surface area contributed by atoms with E-state index in [0.29, 0.717) is 6.42 Å². The molecule has 0 atom stereocenters. The first-order valence-corrected chi connectivity index (χ1v) is 5.19. The Morgan fingerprint density at radius 1 is 1.27 bits per heavy atom. The van der Waals surface area contributed by atoms with Gasteiger partial charge < -0.3 is 10.2 Å². The Morgan fingerprint density at radius 3 is 2.27 bits per heavy atom. The summed E-state index contributed by atoms with van der Waals surface area (Å²) >= 11 is 0. The van der Waals surface area contributed by atoms with Gasteiger partial charge >= 0.3 is 8.69 Å². The van der Waals surface area contributed by atoms with Crippen molar-refractivity contribution in [3.8, 4) is 11.5 Å². The van der Waals surface area contributed by atoms with E-state index in [-0.39, 0.29) is 20.2 Å². The molecule has 15 heavy (non-hydrogen) atoms. The molecule has 2 N–H and O–H groups in total. The van der Waals surface area contributed by atoms with Crippen molar-refractivity contribution in [2.75, 3.05) is 0 Å². The molecule has 0 fully saturated rings. The molecule has 0 saturated carbocycles. The number of phenolic OH excluding ortho intramolecular Hbond substituents is 2. The van der Waals surface area contributed by atoms with E-state index in [1.54, 1.807) is 13.8 Å². The van der Waals surface area contributed by atoms with Crippen LogP contribution >= 0.6 is 8.69 Å². The van der Waals surface area contributed by atoms with Gasteiger partial charge in [0, 0.05) is 12.5 Å². The van der Waals surface area contributed by atoms with Crippen LogP contribution in [0.15, 0.2) is 18.2 Å². The monoisotopic (exact) mass is 228 g/mol. The summed E-state index contributed by atoms with van der Waals surface area (Å²) in [5.41, 5.74) is 0.116. The Hall–Kier alpha value is -1.12. The van der Waals surface area contributed by atoms with E-state index in [0.717, 1.165) is 5.56 Å². The van der Waals surface area contributed by atoms with E-state index >= 15 is 0 Å². The molecule has 0 heterocycles. The van der Waals surface area contributed by atoms with Crippen molar-refractivity contribution in [1.82, 2.24) is 0 Å². The largest absolute Gasteiger partial charge is 0.508 e. The van der Waals surface area contributed by atoms with E-state index in [2.05, 4.69) is 0 Å². The van der Waals surface area contributed by atoms with Gasteiger partial charge in [0.05, 0.1) is 5.60 Å². The van der Waals surface area contributed by atoms with Crippen LogP contribution in [0.2, 0.25) is 0 Å². The second kappa shape index (κ2) is 4.60. The first-order valence-electron chi connectivity index (χ1n) is 4.46. The first kappa shape index (κ1) is 12.0. The molecule has 0 unspecified atom stereocenters. The van der Waals surface area contributed by atoms with Gasteiger partial charge in [-0.25, -0.2) is 4.57 Å². The lowest BCUT2D eigenvalue weighted by Crippen LogP contribution is -2.23. The van der Waals surface area contributed by atoms with Crippen LogP contribution in [0, 0.1) is 0 Å². The molecule has 0 bridgehead atoms. The van der Waals surface area contributed by atoms with Crippen LogP contribution in [-0.4, -0.2) is 15.8 Å². The third-order valence-electron chi connectivity index (χ3n) is 1.88. The van der Waals surface area contributed by atoms with E-state index < -0.39 is 5.60 Å². The molecule has 0 aliphatic carbocycles. The Morgan fingerprint density at radius 2 is 1.80 bits per heavy atom. The molecule has 5 heteroatoms. The molecule has 0 spiro atoms. The molecule has 1 aromatic rings. The van der Waals surface area contributed by atoms with Crippen LogP contribution < -0.4 is 0 Å². The highest BCUT2D eigenvalue weighted by atomic mass is 31.1. The molecule has 82 valence electrons. The van der Waals surface area contributed by atoms with Gasteiger partial charge in [0.15, 0.2) is 0 Å². The molecule has 0 radical (unpaired) electrons. The minimum atomic E-state index is -0.608. The van der Waals surface area contributed by atoms with Crippen LogP contribution in [0.25, 0.3) is 0 Å². The minimum Gasteiger partial charge on any atom is -0.508 e. The topological polar surface area (TPSA) is 66.8 Å². The van der Waals surface area contributed by atoms with Gasteiger partial charge in [-0.1, -0.05) is 0 Å². The summed E-state index contributed by atoms with van der Waals surface area (Å²) in [7, 11) is -0.379. The summed E-state index contributed by atoms with van der Waals surface area (Å²) < 4.78 is 15.3. The van der Waals surface area contributed by atoms with Crippen LogP contribution in [0.4, 0.5) is 0 Å². The van der Waals surface area contributed by atoms with Crippen LogP contribution in [0.5, 0.6) is 11.5 Å². The smallest absolute Gasteiger partial charge is 0.327 e. The summed E-state index contributed by atoms with van der Waals surface area (Å²) in [6.07, 6.45) is 0.449. The first-order chi connectivity index (χ1) is 6.93. The zero-order chi connectivity index (χ0) is 11.5. The number of rotatable bonds is 4. The molecule has 0 aliphatic rings. The van der Waals surface area contributed by atoms with Crippen molar-refractivity contribution >= 4 is 8.69 Å². The SMILES string of the molecule is CC(C)(Cc1cc(O)cc(O)c1)OP=O. The Bertz CT molecular complexity index is 342. The van der Waals surface area contributed by atoms with Crippen LogP contribution in [0.1, 0.15) is 19.4 Å². The lowest BCUT2D eigenvalue weighted by molar-refractivity contribution is 0.128. The summed E-state index contributed by atoms with van der Waals surface area (Å²) in [6.45, 7) is 3.55. The van der Waals surface area contributed by atoms with E-state index in [1.165, 1.54) is 18.2 Å². The highest BCUT2D eigenvalue weighted by Gasteiger charge is 2.20. The zero-order valence-corrected chi connectivity index (χ0v) is 9.49. The quantitative estimate of drug-likeness (QED) is 0.777. The van der Waals surface area contributed by atoms with Gasteiger partial charge in [-0.3, -0.25) is 4.52 Å². The molecular formula is C10H13O4P. The molecule has 1 rings (SSSR count). The van der Waals surface area contributed by atoms with Gasteiger partial charge in [0.2, 0.25) is 0 Å². The molecule has 1 aromatic carbocycles. The van der Waals surface area contributed by atoms with Gasteiger partial charge in [-0.15, -0.1) is 0 Å². The van der Waals surface area contributed by atoms with Crippen molar-refractivity contribution in [3.05, 3.63) is 23.8 Å². The van der Waals surface area contributed by atoms with Gasteiger partial charge in [0.1, 0.15) is 11.5 Å². The van der Waals surface area contributed by atoms with Crippen LogP contribution in [0.3, 0.4) is 0 Å².